The van der Waals surface area contributed by atoms with Gasteiger partial charge in [0.25, 0.3) is 6.01 Å². The molecule has 2 aliphatic heterocycles. The number of aromatic nitrogens is 2. The summed E-state index contributed by atoms with van der Waals surface area (Å²) in [6.07, 6.45) is -3.37. The van der Waals surface area contributed by atoms with Gasteiger partial charge in [-0.05, 0) is 41.7 Å². The molecule has 2 aromatic heterocycles. The largest absolute Gasteiger partial charge is 0.437 e. The van der Waals surface area contributed by atoms with Gasteiger partial charge in [0.2, 0.25) is 17.5 Å². The molecule has 2 fully saturated rings. The number of alkyl halides is 3. The number of Topliss-reactive ketones (excluding diaryl/α,β-unsaturated/α-hetero) is 1. The third-order valence-corrected chi connectivity index (χ3v) is 8.74. The van der Waals surface area contributed by atoms with Crippen molar-refractivity contribution in [2.45, 2.75) is 37.5 Å². The number of nitrogens with zero attached hydrogens (tertiary/aromatic N) is 5. The van der Waals surface area contributed by atoms with Crippen LogP contribution < -0.4 is 9.80 Å². The molecule has 1 N–H and O–H groups in total. The zero-order chi connectivity index (χ0) is 33.2. The Morgan fingerprint density at radius 1 is 0.851 bits per heavy atom. The van der Waals surface area contributed by atoms with Crippen LogP contribution in [0.3, 0.4) is 0 Å². The number of piperidine rings is 1. The summed E-state index contributed by atoms with van der Waals surface area (Å²) in [6, 6.07) is 18.2. The van der Waals surface area contributed by atoms with E-state index in [1.54, 1.807) is 47.4 Å². The molecule has 0 unspecified atom stereocenters. The van der Waals surface area contributed by atoms with Crippen LogP contribution >= 0.6 is 0 Å². The molecule has 0 atom stereocenters. The Balaban J connectivity index is 1.07. The topological polar surface area (TPSA) is 103 Å². The first kappa shape index (κ1) is 32.2. The monoisotopic (exact) mass is 651 g/mol. The Bertz CT molecular complexity index is 1710. The van der Waals surface area contributed by atoms with E-state index in [2.05, 4.69) is 9.97 Å². The molecule has 246 valence electrons. The standard InChI is InChI=1S/C34H33F4N5O4/c35-26-9-5-4-6-24(26)21-29(45)42-18-16-41(17-19-42)28-11-10-23(22-39-28)20-27(44)30-31(34(36,37)38)40-32(47-30)43-14-12-33(46,13-15-43)25-7-2-1-3-8-25/h1-11,22,46H,12-21H2. The van der Waals surface area contributed by atoms with Crippen LogP contribution in [-0.2, 0) is 29.4 Å². The van der Waals surface area contributed by atoms with Crippen LogP contribution in [0.1, 0.15) is 45.8 Å². The minimum Gasteiger partial charge on any atom is -0.420 e. The Morgan fingerprint density at radius 2 is 1.53 bits per heavy atom. The Morgan fingerprint density at radius 3 is 2.17 bits per heavy atom. The van der Waals surface area contributed by atoms with E-state index < -0.39 is 34.8 Å². The van der Waals surface area contributed by atoms with Gasteiger partial charge in [-0.3, -0.25) is 9.59 Å². The highest BCUT2D eigenvalue weighted by Gasteiger charge is 2.43. The molecule has 4 heterocycles. The number of carbonyl (C=O) groups is 2. The van der Waals surface area contributed by atoms with E-state index in [0.29, 0.717) is 43.1 Å². The molecular formula is C34H33F4N5O4. The van der Waals surface area contributed by atoms with E-state index in [9.17, 15) is 32.3 Å². The van der Waals surface area contributed by atoms with Gasteiger partial charge in [-0.1, -0.05) is 54.6 Å². The van der Waals surface area contributed by atoms with Crippen LogP contribution in [-0.4, -0.2) is 70.9 Å². The Hall–Kier alpha value is -4.78. The minimum atomic E-state index is -4.91. The molecule has 2 aliphatic rings. The summed E-state index contributed by atoms with van der Waals surface area (Å²) in [7, 11) is 0. The van der Waals surface area contributed by atoms with E-state index in [1.807, 2.05) is 23.1 Å². The van der Waals surface area contributed by atoms with Crippen LogP contribution in [0.25, 0.3) is 0 Å². The highest BCUT2D eigenvalue weighted by atomic mass is 19.4. The van der Waals surface area contributed by atoms with Crippen LogP contribution in [0.2, 0.25) is 0 Å². The van der Waals surface area contributed by atoms with Crippen molar-refractivity contribution in [3.8, 4) is 0 Å². The van der Waals surface area contributed by atoms with E-state index in [4.69, 9.17) is 4.42 Å². The number of carbonyl (C=O) groups excluding carboxylic acids is 2. The lowest BCUT2D eigenvalue weighted by atomic mass is 9.84. The predicted octanol–water partition coefficient (Wildman–Crippen LogP) is 5.03. The first-order valence-corrected chi connectivity index (χ1v) is 15.4. The number of hydrogen-bond acceptors (Lipinski definition) is 8. The maximum atomic E-state index is 14.0. The van der Waals surface area contributed by atoms with Crippen LogP contribution in [0.15, 0.2) is 77.3 Å². The van der Waals surface area contributed by atoms with E-state index >= 15 is 0 Å². The highest BCUT2D eigenvalue weighted by molar-refractivity contribution is 5.96. The van der Waals surface area contributed by atoms with Crippen molar-refractivity contribution >= 4 is 23.5 Å². The number of aliphatic hydroxyl groups is 1. The zero-order valence-electron chi connectivity index (χ0n) is 25.4. The van der Waals surface area contributed by atoms with Crippen molar-refractivity contribution in [2.75, 3.05) is 49.1 Å². The zero-order valence-corrected chi connectivity index (χ0v) is 25.4. The molecule has 13 heteroatoms. The number of oxazole rings is 1. The van der Waals surface area contributed by atoms with Gasteiger partial charge in [-0.2, -0.15) is 18.2 Å². The van der Waals surface area contributed by atoms with Crippen molar-refractivity contribution in [3.63, 3.8) is 0 Å². The Kier molecular flexibility index (Phi) is 9.00. The van der Waals surface area contributed by atoms with Crippen LogP contribution in [0.4, 0.5) is 29.4 Å². The van der Waals surface area contributed by atoms with Crippen molar-refractivity contribution in [1.29, 1.82) is 0 Å². The molecule has 9 nitrogen and oxygen atoms in total. The molecule has 0 aliphatic carbocycles. The van der Waals surface area contributed by atoms with Gasteiger partial charge in [-0.15, -0.1) is 0 Å². The van der Waals surface area contributed by atoms with Crippen molar-refractivity contribution < 1.29 is 36.7 Å². The average Bonchev–Trinajstić information content (AvgIpc) is 3.54. The number of halogens is 4. The van der Waals surface area contributed by atoms with Gasteiger partial charge in [0, 0.05) is 51.9 Å². The van der Waals surface area contributed by atoms with Gasteiger partial charge in [0.1, 0.15) is 11.6 Å². The van der Waals surface area contributed by atoms with Gasteiger partial charge in [-0.25, -0.2) is 9.37 Å². The fourth-order valence-corrected chi connectivity index (χ4v) is 6.01. The molecule has 0 radical (unpaired) electrons. The number of ketones is 1. The summed E-state index contributed by atoms with van der Waals surface area (Å²) in [4.78, 5) is 39.0. The van der Waals surface area contributed by atoms with Crippen molar-refractivity contribution in [2.24, 2.45) is 0 Å². The van der Waals surface area contributed by atoms with Gasteiger partial charge in [0.15, 0.2) is 5.69 Å². The summed E-state index contributed by atoms with van der Waals surface area (Å²) in [5.41, 5.74) is -1.03. The van der Waals surface area contributed by atoms with Crippen molar-refractivity contribution in [3.05, 3.63) is 107 Å². The normalized spacial score (nSPS) is 16.7. The molecule has 0 spiro atoms. The molecule has 6 rings (SSSR count). The maximum Gasteiger partial charge on any atom is 0.437 e. The van der Waals surface area contributed by atoms with Gasteiger partial charge < -0.3 is 24.2 Å². The second-order valence-corrected chi connectivity index (χ2v) is 11.8. The van der Waals surface area contributed by atoms with Gasteiger partial charge >= 0.3 is 6.18 Å². The summed E-state index contributed by atoms with van der Waals surface area (Å²) in [6.45, 7) is 2.21. The third kappa shape index (κ3) is 7.14. The highest BCUT2D eigenvalue weighted by Crippen LogP contribution is 2.38. The number of amides is 1. The predicted molar refractivity (Wildman–Crippen MR) is 164 cm³/mol. The van der Waals surface area contributed by atoms with Crippen LogP contribution in [0.5, 0.6) is 0 Å². The number of rotatable bonds is 8. The first-order chi connectivity index (χ1) is 22.5. The lowest BCUT2D eigenvalue weighted by Gasteiger charge is -2.37. The Labute approximate surface area is 268 Å². The summed E-state index contributed by atoms with van der Waals surface area (Å²) >= 11 is 0. The molecule has 2 aromatic carbocycles. The number of benzene rings is 2. The smallest absolute Gasteiger partial charge is 0.420 e. The quantitative estimate of drug-likeness (QED) is 0.209. The first-order valence-electron chi connectivity index (χ1n) is 15.4. The molecule has 2 saturated heterocycles. The fraction of sp³-hybridized carbons (Fsp3) is 0.353. The molecule has 0 bridgehead atoms. The third-order valence-electron chi connectivity index (χ3n) is 8.74. The average molecular weight is 652 g/mol. The van der Waals surface area contributed by atoms with Gasteiger partial charge in [0.05, 0.1) is 12.0 Å². The number of piperazine rings is 1. The molecular weight excluding hydrogens is 618 g/mol. The minimum absolute atomic E-state index is 0.0218. The number of pyridine rings is 1. The maximum absolute atomic E-state index is 14.0. The van der Waals surface area contributed by atoms with Crippen LogP contribution in [0, 0.1) is 5.82 Å². The molecule has 1 amide bonds. The summed E-state index contributed by atoms with van der Waals surface area (Å²) < 4.78 is 61.2. The van der Waals surface area contributed by atoms with Crippen molar-refractivity contribution in [1.82, 2.24) is 14.9 Å². The molecule has 0 saturated carbocycles. The number of anilines is 2. The second-order valence-electron chi connectivity index (χ2n) is 11.8. The SMILES string of the molecule is O=C(Cc1ccc(N2CCN(C(=O)Cc3ccccc3F)CC2)nc1)c1oc(N2CCC(O)(c3ccccc3)CC2)nc1C(F)(F)F. The molecule has 4 aromatic rings. The van der Waals surface area contributed by atoms with E-state index in [-0.39, 0.29) is 50.7 Å². The lowest BCUT2D eigenvalue weighted by Crippen LogP contribution is -2.49. The summed E-state index contributed by atoms with van der Waals surface area (Å²) in [5, 5.41) is 11.1. The van der Waals surface area contributed by atoms with E-state index in [0.717, 1.165) is 5.56 Å². The lowest BCUT2D eigenvalue weighted by molar-refractivity contribution is -0.141. The fourth-order valence-electron chi connectivity index (χ4n) is 6.01. The van der Waals surface area contributed by atoms with E-state index in [1.165, 1.54) is 17.2 Å². The molecule has 47 heavy (non-hydrogen) atoms. The number of hydrogen-bond donors (Lipinski definition) is 1. The summed E-state index contributed by atoms with van der Waals surface area (Å²) in [5.74, 6) is -1.73. The second kappa shape index (κ2) is 13.1.